The van der Waals surface area contributed by atoms with Crippen LogP contribution in [-0.2, 0) is 0 Å². The molecule has 0 saturated carbocycles. The molecule has 0 fully saturated rings. The van der Waals surface area contributed by atoms with Crippen LogP contribution in [0.15, 0.2) is 30.3 Å². The number of thiocarbonyl (C=S) groups is 1. The van der Waals surface area contributed by atoms with Gasteiger partial charge in [0.2, 0.25) is 0 Å². The first-order valence-corrected chi connectivity index (χ1v) is 4.46. The van der Waals surface area contributed by atoms with Gasteiger partial charge in [0, 0.05) is 6.54 Å². The lowest BCUT2D eigenvalue weighted by molar-refractivity contribution is 0.660. The molecule has 1 rings (SSSR count). The summed E-state index contributed by atoms with van der Waals surface area (Å²) in [4.78, 5) is 0. The molecule has 1 aromatic carbocycles. The maximum Gasteiger partial charge on any atom is 0.164 e. The van der Waals surface area contributed by atoms with Crippen LogP contribution in [-0.4, -0.2) is 11.7 Å². The first-order valence-electron chi connectivity index (χ1n) is 4.05. The van der Waals surface area contributed by atoms with E-state index in [-0.39, 0.29) is 11.2 Å². The Kier molecular flexibility index (Phi) is 3.67. The lowest BCUT2D eigenvalue weighted by atomic mass is 10.1. The normalized spacial score (nSPS) is 12.1. The Balaban J connectivity index is 2.73. The van der Waals surface area contributed by atoms with E-state index < -0.39 is 0 Å². The molecule has 0 spiro atoms. The number of nitrogens with two attached hydrogens (primary N) is 2. The Labute approximate surface area is 83.1 Å². The maximum absolute atomic E-state index is 5.58. The van der Waals surface area contributed by atoms with Gasteiger partial charge in [0.1, 0.15) is 0 Å². The van der Waals surface area contributed by atoms with Crippen LogP contribution >= 0.6 is 12.2 Å². The molecule has 13 heavy (non-hydrogen) atoms. The molecule has 0 radical (unpaired) electrons. The summed E-state index contributed by atoms with van der Waals surface area (Å²) in [7, 11) is 0. The van der Waals surface area contributed by atoms with Crippen molar-refractivity contribution >= 4 is 17.3 Å². The molecule has 4 heteroatoms. The van der Waals surface area contributed by atoms with Gasteiger partial charge in [-0.25, -0.2) is 0 Å². The molecule has 5 N–H and O–H groups in total. The second kappa shape index (κ2) is 4.79. The van der Waals surface area contributed by atoms with Crippen molar-refractivity contribution in [3.05, 3.63) is 35.9 Å². The number of hydrogen-bond acceptors (Lipinski definition) is 2. The van der Waals surface area contributed by atoms with Gasteiger partial charge < -0.3 is 16.8 Å². The van der Waals surface area contributed by atoms with E-state index in [9.17, 15) is 0 Å². The van der Waals surface area contributed by atoms with E-state index in [2.05, 4.69) is 5.32 Å². The third-order valence-corrected chi connectivity index (χ3v) is 1.87. The molecule has 0 aliphatic rings. The summed E-state index contributed by atoms with van der Waals surface area (Å²) in [6.45, 7) is 0.474. The highest BCUT2D eigenvalue weighted by Crippen LogP contribution is 2.09. The molecule has 70 valence electrons. The third-order valence-electron chi connectivity index (χ3n) is 1.75. The molecular formula is C9H13N3S. The topological polar surface area (TPSA) is 64.1 Å². The quantitative estimate of drug-likeness (QED) is 0.615. The summed E-state index contributed by atoms with van der Waals surface area (Å²) < 4.78 is 0. The van der Waals surface area contributed by atoms with Crippen molar-refractivity contribution < 1.29 is 0 Å². The van der Waals surface area contributed by atoms with Crippen LogP contribution in [0.5, 0.6) is 0 Å². The van der Waals surface area contributed by atoms with Crippen LogP contribution in [0.25, 0.3) is 0 Å². The van der Waals surface area contributed by atoms with Crippen molar-refractivity contribution in [2.24, 2.45) is 11.5 Å². The number of hydrogen-bond donors (Lipinski definition) is 3. The summed E-state index contributed by atoms with van der Waals surface area (Å²) >= 11 is 4.75. The van der Waals surface area contributed by atoms with Crippen molar-refractivity contribution in [2.45, 2.75) is 6.04 Å². The third kappa shape index (κ3) is 3.01. The van der Waals surface area contributed by atoms with Gasteiger partial charge in [-0.2, -0.15) is 0 Å². The van der Waals surface area contributed by atoms with Crippen molar-refractivity contribution in [1.29, 1.82) is 0 Å². The second-order valence-electron chi connectivity index (χ2n) is 2.71. The Morgan fingerprint density at radius 1 is 1.38 bits per heavy atom. The van der Waals surface area contributed by atoms with E-state index in [1.165, 1.54) is 0 Å². The number of rotatable bonds is 3. The van der Waals surface area contributed by atoms with Crippen molar-refractivity contribution in [1.82, 2.24) is 5.32 Å². The van der Waals surface area contributed by atoms with Gasteiger partial charge in [0.15, 0.2) is 5.11 Å². The van der Waals surface area contributed by atoms with E-state index in [0.717, 1.165) is 5.56 Å². The van der Waals surface area contributed by atoms with E-state index in [1.807, 2.05) is 30.3 Å². The van der Waals surface area contributed by atoms with Crippen LogP contribution in [0, 0.1) is 0 Å². The van der Waals surface area contributed by atoms with Crippen molar-refractivity contribution in [2.75, 3.05) is 6.54 Å². The monoisotopic (exact) mass is 195 g/mol. The molecule has 0 aromatic heterocycles. The first-order chi connectivity index (χ1) is 6.24. The Bertz CT molecular complexity index is 273. The van der Waals surface area contributed by atoms with Crippen LogP contribution < -0.4 is 16.8 Å². The van der Waals surface area contributed by atoms with Crippen LogP contribution in [0.1, 0.15) is 11.6 Å². The highest BCUT2D eigenvalue weighted by molar-refractivity contribution is 7.80. The zero-order chi connectivity index (χ0) is 9.68. The van der Waals surface area contributed by atoms with Crippen LogP contribution in [0.2, 0.25) is 0 Å². The molecule has 0 aliphatic heterocycles. The molecule has 0 heterocycles. The largest absolute Gasteiger partial charge is 0.376 e. The van der Waals surface area contributed by atoms with Gasteiger partial charge in [-0.05, 0) is 17.8 Å². The molecule has 0 saturated heterocycles. The number of nitrogens with one attached hydrogen (secondary N) is 1. The first kappa shape index (κ1) is 9.95. The van der Waals surface area contributed by atoms with Crippen molar-refractivity contribution in [3.63, 3.8) is 0 Å². The fraction of sp³-hybridized carbons (Fsp3) is 0.222. The fourth-order valence-electron chi connectivity index (χ4n) is 1.14. The average Bonchev–Trinajstić information content (AvgIpc) is 2.15. The number of benzene rings is 1. The maximum atomic E-state index is 5.58. The van der Waals surface area contributed by atoms with Gasteiger partial charge in [-0.3, -0.25) is 0 Å². The Morgan fingerprint density at radius 2 is 2.00 bits per heavy atom. The lowest BCUT2D eigenvalue weighted by Gasteiger charge is -2.16. The smallest absolute Gasteiger partial charge is 0.164 e. The average molecular weight is 195 g/mol. The Hall–Kier alpha value is -1.13. The summed E-state index contributed by atoms with van der Waals surface area (Å²) in [5.41, 5.74) is 12.0. The van der Waals surface area contributed by atoms with Gasteiger partial charge in [0.05, 0.1) is 6.04 Å². The van der Waals surface area contributed by atoms with Crippen LogP contribution in [0.3, 0.4) is 0 Å². The summed E-state index contributed by atoms with van der Waals surface area (Å²) in [6, 6.07) is 9.86. The standard InChI is InChI=1S/C9H13N3S/c10-6-8(12-9(11)13)7-4-2-1-3-5-7/h1-5,8H,6,10H2,(H3,11,12,13)/t8-/m1/s1. The highest BCUT2D eigenvalue weighted by atomic mass is 32.1. The van der Waals surface area contributed by atoms with Gasteiger partial charge in [-0.15, -0.1) is 0 Å². The van der Waals surface area contributed by atoms with Crippen LogP contribution in [0.4, 0.5) is 0 Å². The lowest BCUT2D eigenvalue weighted by Crippen LogP contribution is -2.36. The van der Waals surface area contributed by atoms with Gasteiger partial charge in [-0.1, -0.05) is 30.3 Å². The molecule has 3 nitrogen and oxygen atoms in total. The molecule has 0 bridgehead atoms. The van der Waals surface area contributed by atoms with E-state index in [0.29, 0.717) is 6.54 Å². The molecular weight excluding hydrogens is 182 g/mol. The zero-order valence-electron chi connectivity index (χ0n) is 7.23. The predicted molar refractivity (Wildman–Crippen MR) is 58.2 cm³/mol. The molecule has 0 unspecified atom stereocenters. The van der Waals surface area contributed by atoms with E-state index >= 15 is 0 Å². The van der Waals surface area contributed by atoms with E-state index in [4.69, 9.17) is 23.7 Å². The van der Waals surface area contributed by atoms with Crippen molar-refractivity contribution in [3.8, 4) is 0 Å². The summed E-state index contributed by atoms with van der Waals surface area (Å²) in [6.07, 6.45) is 0. The molecule has 1 aromatic rings. The molecule has 0 aliphatic carbocycles. The van der Waals surface area contributed by atoms with Gasteiger partial charge in [0.25, 0.3) is 0 Å². The second-order valence-corrected chi connectivity index (χ2v) is 3.15. The summed E-state index contributed by atoms with van der Waals surface area (Å²) in [5.74, 6) is 0. The SMILES string of the molecule is NC[C@@H](NC(N)=S)c1ccccc1. The predicted octanol–water partition coefficient (Wildman–Crippen LogP) is 0.520. The minimum absolute atomic E-state index is 0.0127. The van der Waals surface area contributed by atoms with Gasteiger partial charge >= 0.3 is 0 Å². The highest BCUT2D eigenvalue weighted by Gasteiger charge is 2.07. The van der Waals surface area contributed by atoms with E-state index in [1.54, 1.807) is 0 Å². The zero-order valence-corrected chi connectivity index (χ0v) is 8.05. The Morgan fingerprint density at radius 3 is 2.46 bits per heavy atom. The fourth-order valence-corrected chi connectivity index (χ4v) is 1.28. The molecule has 0 amide bonds. The minimum Gasteiger partial charge on any atom is -0.376 e. The minimum atomic E-state index is 0.0127. The molecule has 1 atom stereocenters. The summed E-state index contributed by atoms with van der Waals surface area (Å²) in [5, 5.41) is 3.21.